The molecule has 2 rings (SSSR count). The highest BCUT2D eigenvalue weighted by atomic mass is 35.5. The van der Waals surface area contributed by atoms with E-state index in [9.17, 15) is 21.6 Å². The third-order valence-corrected chi connectivity index (χ3v) is 5.60. The molecule has 1 heterocycles. The molecule has 1 atom stereocenters. The van der Waals surface area contributed by atoms with Gasteiger partial charge >= 0.3 is 6.18 Å². The fourth-order valence-electron chi connectivity index (χ4n) is 2.82. The van der Waals surface area contributed by atoms with Crippen LogP contribution in [0.3, 0.4) is 0 Å². The SMILES string of the molecule is CC(C)CN1CCOC(CNS(=O)(=O)c2ccc(Cl)cc2C(F)(F)F)C1. The van der Waals surface area contributed by atoms with Crippen LogP contribution in [-0.2, 0) is 20.9 Å². The molecule has 1 unspecified atom stereocenters. The lowest BCUT2D eigenvalue weighted by atomic mass is 10.2. The van der Waals surface area contributed by atoms with Crippen molar-refractivity contribution in [2.45, 2.75) is 31.0 Å². The Labute approximate surface area is 156 Å². The largest absolute Gasteiger partial charge is 0.417 e. The molecule has 5 nitrogen and oxygen atoms in total. The van der Waals surface area contributed by atoms with Crippen LogP contribution in [0.5, 0.6) is 0 Å². The van der Waals surface area contributed by atoms with Crippen molar-refractivity contribution in [2.75, 3.05) is 32.8 Å². The summed E-state index contributed by atoms with van der Waals surface area (Å²) in [5.41, 5.74) is -1.29. The van der Waals surface area contributed by atoms with Gasteiger partial charge in [-0.1, -0.05) is 25.4 Å². The Kier molecular flexibility index (Phi) is 6.95. The molecular formula is C16H22ClF3N2O3S. The summed E-state index contributed by atoms with van der Waals surface area (Å²) in [6.07, 6.45) is -5.25. The van der Waals surface area contributed by atoms with E-state index in [2.05, 4.69) is 23.5 Å². The summed E-state index contributed by atoms with van der Waals surface area (Å²) < 4.78 is 72.0. The van der Waals surface area contributed by atoms with Crippen molar-refractivity contribution >= 4 is 21.6 Å². The Morgan fingerprint density at radius 1 is 1.38 bits per heavy atom. The van der Waals surface area contributed by atoms with Gasteiger partial charge in [-0.05, 0) is 24.1 Å². The van der Waals surface area contributed by atoms with Crippen LogP contribution in [0.15, 0.2) is 23.1 Å². The van der Waals surface area contributed by atoms with E-state index in [-0.39, 0.29) is 11.6 Å². The maximum atomic E-state index is 13.1. The standard InChI is InChI=1S/C16H22ClF3N2O3S/c1-11(2)9-22-5-6-25-13(10-22)8-21-26(23,24)15-4-3-12(17)7-14(15)16(18,19)20/h3-4,7,11,13,21H,5-6,8-10H2,1-2H3. The van der Waals surface area contributed by atoms with Crippen LogP contribution >= 0.6 is 11.6 Å². The lowest BCUT2D eigenvalue weighted by Gasteiger charge is -2.34. The molecule has 1 aliphatic heterocycles. The molecule has 148 valence electrons. The van der Waals surface area contributed by atoms with Crippen molar-refractivity contribution in [3.05, 3.63) is 28.8 Å². The first kappa shape index (κ1) is 21.4. The molecule has 26 heavy (non-hydrogen) atoms. The Hall–Kier alpha value is -0.870. The molecule has 1 fully saturated rings. The second-order valence-electron chi connectivity index (χ2n) is 6.64. The Morgan fingerprint density at radius 3 is 2.69 bits per heavy atom. The van der Waals surface area contributed by atoms with Crippen LogP contribution in [0, 0.1) is 5.92 Å². The number of morpholine rings is 1. The van der Waals surface area contributed by atoms with Gasteiger partial charge in [-0.15, -0.1) is 0 Å². The zero-order valence-electron chi connectivity index (χ0n) is 14.5. The van der Waals surface area contributed by atoms with Gasteiger partial charge in [0.1, 0.15) is 0 Å². The maximum Gasteiger partial charge on any atom is 0.417 e. The van der Waals surface area contributed by atoms with Gasteiger partial charge in [-0.3, -0.25) is 4.90 Å². The van der Waals surface area contributed by atoms with Gasteiger partial charge in [-0.2, -0.15) is 13.2 Å². The van der Waals surface area contributed by atoms with Gasteiger partial charge in [0.05, 0.1) is 23.2 Å². The van der Waals surface area contributed by atoms with Gasteiger partial charge in [0, 0.05) is 31.2 Å². The number of halogens is 4. The topological polar surface area (TPSA) is 58.6 Å². The van der Waals surface area contributed by atoms with Crippen LogP contribution in [0.25, 0.3) is 0 Å². The first-order valence-electron chi connectivity index (χ1n) is 8.19. The molecule has 1 saturated heterocycles. The van der Waals surface area contributed by atoms with Crippen LogP contribution in [0.1, 0.15) is 19.4 Å². The van der Waals surface area contributed by atoms with Crippen molar-refractivity contribution < 1.29 is 26.3 Å². The molecule has 0 amide bonds. The summed E-state index contributed by atoms with van der Waals surface area (Å²) in [5, 5.41) is -0.184. The van der Waals surface area contributed by atoms with Gasteiger partial charge in [0.2, 0.25) is 10.0 Å². The number of hydrogen-bond acceptors (Lipinski definition) is 4. The first-order valence-corrected chi connectivity index (χ1v) is 10.1. The summed E-state index contributed by atoms with van der Waals surface area (Å²) in [6.45, 7) is 6.62. The van der Waals surface area contributed by atoms with Gasteiger partial charge in [0.25, 0.3) is 0 Å². The first-order chi connectivity index (χ1) is 12.0. The fourth-order valence-corrected chi connectivity index (χ4v) is 4.27. The van der Waals surface area contributed by atoms with E-state index in [4.69, 9.17) is 16.3 Å². The highest BCUT2D eigenvalue weighted by Gasteiger charge is 2.37. The monoisotopic (exact) mass is 414 g/mol. The zero-order valence-corrected chi connectivity index (χ0v) is 16.1. The van der Waals surface area contributed by atoms with Crippen LogP contribution in [-0.4, -0.2) is 52.2 Å². The minimum Gasteiger partial charge on any atom is -0.374 e. The second kappa shape index (κ2) is 8.43. The van der Waals surface area contributed by atoms with Crippen LogP contribution in [0.2, 0.25) is 5.02 Å². The molecule has 0 saturated carbocycles. The Balaban J connectivity index is 2.10. The van der Waals surface area contributed by atoms with Crippen molar-refractivity contribution in [3.8, 4) is 0 Å². The quantitative estimate of drug-likeness (QED) is 0.777. The van der Waals surface area contributed by atoms with E-state index in [0.29, 0.717) is 25.1 Å². The van der Waals surface area contributed by atoms with E-state index in [1.807, 2.05) is 0 Å². The molecule has 1 N–H and O–H groups in total. The summed E-state index contributed by atoms with van der Waals surface area (Å²) >= 11 is 5.59. The fraction of sp³-hybridized carbons (Fsp3) is 0.625. The number of nitrogens with zero attached hydrogens (tertiary/aromatic N) is 1. The van der Waals surface area contributed by atoms with Gasteiger partial charge < -0.3 is 4.74 Å². The van der Waals surface area contributed by atoms with E-state index >= 15 is 0 Å². The summed E-state index contributed by atoms with van der Waals surface area (Å²) in [7, 11) is -4.36. The number of nitrogens with one attached hydrogen (secondary N) is 1. The number of hydrogen-bond donors (Lipinski definition) is 1. The van der Waals surface area contributed by atoms with Crippen molar-refractivity contribution in [3.63, 3.8) is 0 Å². The number of alkyl halides is 3. The summed E-state index contributed by atoms with van der Waals surface area (Å²) in [6, 6.07) is 2.59. The zero-order chi connectivity index (χ0) is 19.5. The van der Waals surface area contributed by atoms with Gasteiger partial charge in [-0.25, -0.2) is 13.1 Å². The Morgan fingerprint density at radius 2 is 2.08 bits per heavy atom. The highest BCUT2D eigenvalue weighted by Crippen LogP contribution is 2.35. The number of benzene rings is 1. The van der Waals surface area contributed by atoms with Gasteiger partial charge in [0.15, 0.2) is 0 Å². The van der Waals surface area contributed by atoms with Crippen LogP contribution < -0.4 is 4.72 Å². The average Bonchev–Trinajstić information content (AvgIpc) is 2.52. The third kappa shape index (κ3) is 5.82. The molecule has 0 aliphatic carbocycles. The predicted molar refractivity (Wildman–Crippen MR) is 92.7 cm³/mol. The molecule has 0 bridgehead atoms. The molecule has 1 aromatic rings. The third-order valence-electron chi connectivity index (χ3n) is 3.88. The van der Waals surface area contributed by atoms with E-state index in [0.717, 1.165) is 25.2 Å². The molecule has 1 aliphatic rings. The van der Waals surface area contributed by atoms with E-state index < -0.39 is 32.8 Å². The minimum absolute atomic E-state index is 0.100. The van der Waals surface area contributed by atoms with Crippen LogP contribution in [0.4, 0.5) is 13.2 Å². The summed E-state index contributed by atoms with van der Waals surface area (Å²) in [4.78, 5) is 1.31. The smallest absolute Gasteiger partial charge is 0.374 e. The lowest BCUT2D eigenvalue weighted by molar-refractivity contribution is -0.139. The molecule has 0 aromatic heterocycles. The molecule has 0 radical (unpaired) electrons. The highest BCUT2D eigenvalue weighted by molar-refractivity contribution is 7.89. The molecular weight excluding hydrogens is 393 g/mol. The molecule has 10 heteroatoms. The molecule has 1 aromatic carbocycles. The van der Waals surface area contributed by atoms with Crippen molar-refractivity contribution in [2.24, 2.45) is 5.92 Å². The Bertz CT molecular complexity index is 726. The maximum absolute atomic E-state index is 13.1. The summed E-state index contributed by atoms with van der Waals surface area (Å²) in [5.74, 6) is 0.453. The second-order valence-corrected chi connectivity index (χ2v) is 8.81. The minimum atomic E-state index is -4.83. The van der Waals surface area contributed by atoms with Crippen molar-refractivity contribution in [1.82, 2.24) is 9.62 Å². The normalized spacial score (nSPS) is 19.9. The number of sulfonamides is 1. The van der Waals surface area contributed by atoms with Crippen molar-refractivity contribution in [1.29, 1.82) is 0 Å². The lowest BCUT2D eigenvalue weighted by Crippen LogP contribution is -2.48. The average molecular weight is 415 g/mol. The molecule has 0 spiro atoms. The predicted octanol–water partition coefficient (Wildman–Crippen LogP) is 2.99. The number of rotatable bonds is 6. The van der Waals surface area contributed by atoms with E-state index in [1.165, 1.54) is 0 Å². The van der Waals surface area contributed by atoms with E-state index in [1.54, 1.807) is 0 Å². The number of ether oxygens (including phenoxy) is 1.